The van der Waals surface area contributed by atoms with Crippen LogP contribution in [0.25, 0.3) is 0 Å². The first-order valence-electron chi connectivity index (χ1n) is 7.84. The van der Waals surface area contributed by atoms with E-state index >= 15 is 0 Å². The largest absolute Gasteiger partial charge is 0.377 e. The van der Waals surface area contributed by atoms with Gasteiger partial charge in [-0.25, -0.2) is 0 Å². The van der Waals surface area contributed by atoms with Gasteiger partial charge in [0.25, 0.3) is 0 Å². The Kier molecular flexibility index (Phi) is 3.41. The number of nitrogens with two attached hydrogens (primary N) is 1. The van der Waals surface area contributed by atoms with Crippen LogP contribution in [0, 0.1) is 11.3 Å². The van der Waals surface area contributed by atoms with E-state index in [1.807, 2.05) is 0 Å². The first-order chi connectivity index (χ1) is 8.99. The van der Waals surface area contributed by atoms with Gasteiger partial charge in [-0.15, -0.1) is 0 Å². The van der Waals surface area contributed by atoms with Crippen molar-refractivity contribution in [2.45, 2.75) is 38.8 Å². The van der Waals surface area contributed by atoms with E-state index in [2.05, 4.69) is 30.6 Å². The number of rotatable bonds is 3. The van der Waals surface area contributed by atoms with Crippen LogP contribution >= 0.6 is 0 Å². The van der Waals surface area contributed by atoms with Gasteiger partial charge in [0.05, 0.1) is 6.10 Å². The molecule has 3 aliphatic rings. The van der Waals surface area contributed by atoms with Gasteiger partial charge < -0.3 is 15.4 Å². The molecule has 4 heteroatoms. The van der Waals surface area contributed by atoms with Crippen molar-refractivity contribution in [2.24, 2.45) is 17.1 Å². The molecule has 0 amide bonds. The summed E-state index contributed by atoms with van der Waals surface area (Å²) in [5, 5.41) is 0. The summed E-state index contributed by atoms with van der Waals surface area (Å²) < 4.78 is 5.88. The lowest BCUT2D eigenvalue weighted by atomic mass is 9.48. The summed E-state index contributed by atoms with van der Waals surface area (Å²) in [7, 11) is 0. The number of likely N-dealkylation sites (N-methyl/N-ethyl adjacent to an activating group) is 1. The topological polar surface area (TPSA) is 41.7 Å². The molecule has 0 radical (unpaired) electrons. The molecule has 2 heterocycles. The quantitative estimate of drug-likeness (QED) is 0.820. The molecule has 0 bridgehead atoms. The minimum atomic E-state index is -0.0530. The highest BCUT2D eigenvalue weighted by Gasteiger charge is 2.67. The van der Waals surface area contributed by atoms with Crippen molar-refractivity contribution in [2.75, 3.05) is 45.9 Å². The standard InChI is InChI=1S/C15H29N3O/c1-4-17-6-8-18(9-7-17)11-15(16)12-5-10-19-13(12)14(15,2)3/h12-13H,4-11,16H2,1-3H3. The second kappa shape index (κ2) is 4.69. The van der Waals surface area contributed by atoms with E-state index < -0.39 is 0 Å². The zero-order chi connectivity index (χ0) is 13.7. The van der Waals surface area contributed by atoms with Crippen molar-refractivity contribution in [3.8, 4) is 0 Å². The van der Waals surface area contributed by atoms with E-state index in [1.54, 1.807) is 0 Å². The molecule has 2 saturated heterocycles. The second-order valence-electron chi connectivity index (χ2n) is 7.16. The maximum atomic E-state index is 6.83. The summed E-state index contributed by atoms with van der Waals surface area (Å²) in [6.45, 7) is 14.7. The average molecular weight is 267 g/mol. The molecule has 110 valence electrons. The molecule has 0 spiro atoms. The van der Waals surface area contributed by atoms with Gasteiger partial charge in [-0.2, -0.15) is 0 Å². The van der Waals surface area contributed by atoms with Crippen LogP contribution in [0.2, 0.25) is 0 Å². The van der Waals surface area contributed by atoms with Crippen molar-refractivity contribution in [1.82, 2.24) is 9.80 Å². The van der Waals surface area contributed by atoms with Gasteiger partial charge in [0.1, 0.15) is 0 Å². The van der Waals surface area contributed by atoms with Crippen LogP contribution in [0.15, 0.2) is 0 Å². The van der Waals surface area contributed by atoms with E-state index in [4.69, 9.17) is 10.5 Å². The van der Waals surface area contributed by atoms with Crippen molar-refractivity contribution in [3.63, 3.8) is 0 Å². The molecule has 3 fully saturated rings. The highest BCUT2D eigenvalue weighted by atomic mass is 16.5. The summed E-state index contributed by atoms with van der Waals surface area (Å²) in [6, 6.07) is 0. The van der Waals surface area contributed by atoms with Gasteiger partial charge in [-0.05, 0) is 13.0 Å². The Morgan fingerprint density at radius 3 is 2.42 bits per heavy atom. The molecule has 4 nitrogen and oxygen atoms in total. The van der Waals surface area contributed by atoms with Crippen LogP contribution < -0.4 is 5.73 Å². The molecule has 3 rings (SSSR count). The van der Waals surface area contributed by atoms with E-state index in [9.17, 15) is 0 Å². The maximum Gasteiger partial charge on any atom is 0.0691 e. The van der Waals surface area contributed by atoms with Gasteiger partial charge in [0.15, 0.2) is 0 Å². The Morgan fingerprint density at radius 1 is 1.16 bits per heavy atom. The third-order valence-corrected chi connectivity index (χ3v) is 6.06. The molecule has 2 aliphatic heterocycles. The van der Waals surface area contributed by atoms with Gasteiger partial charge in [0.2, 0.25) is 0 Å². The number of fused-ring (bicyclic) bond motifs is 1. The Morgan fingerprint density at radius 2 is 1.79 bits per heavy atom. The number of hydrogen-bond acceptors (Lipinski definition) is 4. The van der Waals surface area contributed by atoms with Gasteiger partial charge in [-0.1, -0.05) is 20.8 Å². The molecule has 1 aliphatic carbocycles. The molecule has 0 aromatic carbocycles. The lowest BCUT2D eigenvalue weighted by molar-refractivity contribution is -0.164. The Labute approximate surface area is 117 Å². The van der Waals surface area contributed by atoms with Crippen LogP contribution in [-0.2, 0) is 4.74 Å². The van der Waals surface area contributed by atoms with Gasteiger partial charge in [-0.3, -0.25) is 4.90 Å². The molecule has 1 saturated carbocycles. The highest BCUT2D eigenvalue weighted by molar-refractivity contribution is 5.21. The predicted molar refractivity (Wildman–Crippen MR) is 77.1 cm³/mol. The van der Waals surface area contributed by atoms with Crippen LogP contribution in [0.5, 0.6) is 0 Å². The molecular formula is C15H29N3O. The van der Waals surface area contributed by atoms with E-state index in [0.29, 0.717) is 12.0 Å². The van der Waals surface area contributed by atoms with Crippen molar-refractivity contribution < 1.29 is 4.74 Å². The third-order valence-electron chi connectivity index (χ3n) is 6.06. The van der Waals surface area contributed by atoms with Crippen LogP contribution in [0.4, 0.5) is 0 Å². The molecule has 3 unspecified atom stereocenters. The van der Waals surface area contributed by atoms with Crippen LogP contribution in [0.1, 0.15) is 27.2 Å². The first kappa shape index (κ1) is 13.8. The average Bonchev–Trinajstić information content (AvgIpc) is 2.88. The highest BCUT2D eigenvalue weighted by Crippen LogP contribution is 2.58. The fourth-order valence-corrected chi connectivity index (χ4v) is 4.43. The Balaban J connectivity index is 1.63. The van der Waals surface area contributed by atoms with Gasteiger partial charge >= 0.3 is 0 Å². The summed E-state index contributed by atoms with van der Waals surface area (Å²) >= 11 is 0. The zero-order valence-electron chi connectivity index (χ0n) is 12.7. The van der Waals surface area contributed by atoms with E-state index in [1.165, 1.54) is 32.7 Å². The molecule has 19 heavy (non-hydrogen) atoms. The molecular weight excluding hydrogens is 238 g/mol. The minimum Gasteiger partial charge on any atom is -0.377 e. The fraction of sp³-hybridized carbons (Fsp3) is 1.00. The van der Waals surface area contributed by atoms with Crippen molar-refractivity contribution >= 4 is 0 Å². The third kappa shape index (κ3) is 1.96. The summed E-state index contributed by atoms with van der Waals surface area (Å²) in [4.78, 5) is 5.09. The Bertz CT molecular complexity index is 338. The van der Waals surface area contributed by atoms with Crippen LogP contribution in [0.3, 0.4) is 0 Å². The zero-order valence-corrected chi connectivity index (χ0v) is 12.7. The summed E-state index contributed by atoms with van der Waals surface area (Å²) in [5.41, 5.74) is 6.90. The smallest absolute Gasteiger partial charge is 0.0691 e. The van der Waals surface area contributed by atoms with E-state index in [0.717, 1.165) is 19.6 Å². The second-order valence-corrected chi connectivity index (χ2v) is 7.16. The number of hydrogen-bond donors (Lipinski definition) is 1. The number of ether oxygens (including phenoxy) is 1. The molecule has 2 N–H and O–H groups in total. The minimum absolute atomic E-state index is 0.0530. The molecule has 0 aromatic rings. The van der Waals surface area contributed by atoms with Crippen LogP contribution in [-0.4, -0.2) is 67.3 Å². The van der Waals surface area contributed by atoms with Gasteiger partial charge in [0, 0.05) is 56.2 Å². The lowest BCUT2D eigenvalue weighted by Crippen LogP contribution is -2.78. The SMILES string of the molecule is CCN1CCN(CC2(N)C3CCOC3C2(C)C)CC1. The first-order valence-corrected chi connectivity index (χ1v) is 7.84. The van der Waals surface area contributed by atoms with Crippen molar-refractivity contribution in [1.29, 1.82) is 0 Å². The molecule has 3 atom stereocenters. The maximum absolute atomic E-state index is 6.83. The van der Waals surface area contributed by atoms with Crippen molar-refractivity contribution in [3.05, 3.63) is 0 Å². The fourth-order valence-electron chi connectivity index (χ4n) is 4.43. The lowest BCUT2D eigenvalue weighted by Gasteiger charge is -2.63. The van der Waals surface area contributed by atoms with E-state index in [-0.39, 0.29) is 11.0 Å². The normalized spacial score (nSPS) is 42.9. The predicted octanol–water partition coefficient (Wildman–Crippen LogP) is 0.766. The number of nitrogens with zero attached hydrogens (tertiary/aromatic N) is 2. The summed E-state index contributed by atoms with van der Waals surface area (Å²) in [5.74, 6) is 0.576. The summed E-state index contributed by atoms with van der Waals surface area (Å²) in [6.07, 6.45) is 1.55. The Hall–Kier alpha value is -0.160. The number of piperazine rings is 1. The molecule has 0 aromatic heterocycles. The monoisotopic (exact) mass is 267 g/mol.